The highest BCUT2D eigenvalue weighted by molar-refractivity contribution is 6.11. The van der Waals surface area contributed by atoms with Crippen LogP contribution in [0.4, 0.5) is 0 Å². The zero-order valence-electron chi connectivity index (χ0n) is 23.5. The van der Waals surface area contributed by atoms with Crippen molar-refractivity contribution in [2.24, 2.45) is 0 Å². The van der Waals surface area contributed by atoms with Gasteiger partial charge in [0.15, 0.2) is 17.5 Å². The molecule has 0 saturated carbocycles. The standard InChI is InChI=1S/C39H27N3/c1-24-25(2)36-23-32(19-20-35(36)34-14-8-7-13-33(24)34)39-41-37(30-17-15-26-9-3-5-11-28(26)21-30)40-38(42-39)31-18-16-27-10-4-6-12-29(27)22-31/h3-23H,1-2H3. The average molecular weight is 538 g/mol. The minimum absolute atomic E-state index is 0.667. The summed E-state index contributed by atoms with van der Waals surface area (Å²) in [5, 5.41) is 9.75. The quantitative estimate of drug-likeness (QED) is 0.210. The molecule has 0 amide bonds. The Balaban J connectivity index is 1.36. The van der Waals surface area contributed by atoms with Crippen LogP contribution in [0.5, 0.6) is 0 Å². The first-order valence-electron chi connectivity index (χ1n) is 14.3. The van der Waals surface area contributed by atoms with Crippen molar-refractivity contribution in [1.82, 2.24) is 15.0 Å². The summed E-state index contributed by atoms with van der Waals surface area (Å²) in [7, 11) is 0. The van der Waals surface area contributed by atoms with E-state index >= 15 is 0 Å². The Morgan fingerprint density at radius 3 is 1.31 bits per heavy atom. The molecule has 0 spiro atoms. The molecular formula is C39H27N3. The summed E-state index contributed by atoms with van der Waals surface area (Å²) in [5.74, 6) is 2.00. The highest BCUT2D eigenvalue weighted by atomic mass is 15.0. The van der Waals surface area contributed by atoms with E-state index in [2.05, 4.69) is 141 Å². The minimum Gasteiger partial charge on any atom is -0.208 e. The second kappa shape index (κ2) is 9.60. The first kappa shape index (κ1) is 24.4. The van der Waals surface area contributed by atoms with Gasteiger partial charge < -0.3 is 0 Å². The molecule has 198 valence electrons. The van der Waals surface area contributed by atoms with E-state index in [9.17, 15) is 0 Å². The number of hydrogen-bond donors (Lipinski definition) is 0. The fourth-order valence-corrected chi connectivity index (χ4v) is 6.10. The lowest BCUT2D eigenvalue weighted by Crippen LogP contribution is -2.00. The number of fused-ring (bicyclic) bond motifs is 5. The molecule has 0 N–H and O–H groups in total. The van der Waals surface area contributed by atoms with E-state index in [-0.39, 0.29) is 0 Å². The molecule has 3 heteroatoms. The topological polar surface area (TPSA) is 38.7 Å². The number of aryl methyl sites for hydroxylation is 2. The molecule has 1 aromatic heterocycles. The smallest absolute Gasteiger partial charge is 0.164 e. The molecule has 0 atom stereocenters. The Labute approximate surface area is 244 Å². The van der Waals surface area contributed by atoms with Gasteiger partial charge in [0.1, 0.15) is 0 Å². The summed E-state index contributed by atoms with van der Waals surface area (Å²) in [6.07, 6.45) is 0. The fraction of sp³-hybridized carbons (Fsp3) is 0.0513. The molecule has 0 aliphatic heterocycles. The van der Waals surface area contributed by atoms with Crippen LogP contribution in [0.25, 0.3) is 77.3 Å². The van der Waals surface area contributed by atoms with Gasteiger partial charge in [0.05, 0.1) is 0 Å². The Hall–Kier alpha value is -5.41. The number of hydrogen-bond acceptors (Lipinski definition) is 3. The summed E-state index contributed by atoms with van der Waals surface area (Å²) >= 11 is 0. The van der Waals surface area contributed by atoms with Crippen molar-refractivity contribution < 1.29 is 0 Å². The van der Waals surface area contributed by atoms with Crippen molar-refractivity contribution in [2.75, 3.05) is 0 Å². The van der Waals surface area contributed by atoms with Gasteiger partial charge in [0.25, 0.3) is 0 Å². The second-order valence-electron chi connectivity index (χ2n) is 11.0. The van der Waals surface area contributed by atoms with Gasteiger partial charge in [0.2, 0.25) is 0 Å². The Kier molecular flexibility index (Phi) is 5.58. The van der Waals surface area contributed by atoms with Crippen LogP contribution in [0.2, 0.25) is 0 Å². The molecule has 0 radical (unpaired) electrons. The molecule has 0 bridgehead atoms. The van der Waals surface area contributed by atoms with Gasteiger partial charge >= 0.3 is 0 Å². The SMILES string of the molecule is Cc1c(C)c2cc(-c3nc(-c4ccc5ccccc5c4)nc(-c4ccc5ccccc5c4)n3)ccc2c2ccccc12. The molecule has 0 unspecified atom stereocenters. The lowest BCUT2D eigenvalue weighted by molar-refractivity contribution is 1.08. The third kappa shape index (κ3) is 4.02. The first-order valence-corrected chi connectivity index (χ1v) is 14.3. The molecule has 8 aromatic rings. The Morgan fingerprint density at radius 1 is 0.333 bits per heavy atom. The molecule has 0 aliphatic rings. The van der Waals surface area contributed by atoms with Gasteiger partial charge in [-0.1, -0.05) is 109 Å². The highest BCUT2D eigenvalue weighted by Crippen LogP contribution is 2.35. The molecule has 7 aromatic carbocycles. The normalized spacial score (nSPS) is 11.6. The van der Waals surface area contributed by atoms with Crippen LogP contribution in [-0.2, 0) is 0 Å². The molecule has 1 heterocycles. The van der Waals surface area contributed by atoms with E-state index in [1.165, 1.54) is 43.4 Å². The second-order valence-corrected chi connectivity index (χ2v) is 11.0. The zero-order valence-corrected chi connectivity index (χ0v) is 23.5. The number of benzene rings is 7. The van der Waals surface area contributed by atoms with Gasteiger partial charge in [-0.25, -0.2) is 15.0 Å². The van der Waals surface area contributed by atoms with Gasteiger partial charge in [-0.15, -0.1) is 0 Å². The molecule has 0 aliphatic carbocycles. The highest BCUT2D eigenvalue weighted by Gasteiger charge is 2.15. The molecule has 3 nitrogen and oxygen atoms in total. The van der Waals surface area contributed by atoms with Crippen LogP contribution in [0.15, 0.2) is 127 Å². The van der Waals surface area contributed by atoms with Gasteiger partial charge in [-0.05, 0) is 86.3 Å². The van der Waals surface area contributed by atoms with Crippen molar-refractivity contribution in [1.29, 1.82) is 0 Å². The van der Waals surface area contributed by atoms with E-state index in [1.807, 2.05) is 0 Å². The van der Waals surface area contributed by atoms with Crippen molar-refractivity contribution in [3.63, 3.8) is 0 Å². The van der Waals surface area contributed by atoms with Gasteiger partial charge in [-0.3, -0.25) is 0 Å². The van der Waals surface area contributed by atoms with Crippen molar-refractivity contribution in [3.05, 3.63) is 139 Å². The lowest BCUT2D eigenvalue weighted by Gasteiger charge is -2.14. The maximum atomic E-state index is 5.07. The van der Waals surface area contributed by atoms with E-state index in [1.54, 1.807) is 0 Å². The lowest BCUT2D eigenvalue weighted by atomic mass is 9.92. The van der Waals surface area contributed by atoms with Gasteiger partial charge in [-0.2, -0.15) is 0 Å². The molecule has 8 rings (SSSR count). The summed E-state index contributed by atoms with van der Waals surface area (Å²) in [4.78, 5) is 15.2. The van der Waals surface area contributed by atoms with Crippen LogP contribution in [0.3, 0.4) is 0 Å². The maximum absolute atomic E-state index is 5.07. The monoisotopic (exact) mass is 537 g/mol. The average Bonchev–Trinajstić information content (AvgIpc) is 3.06. The van der Waals surface area contributed by atoms with E-state index in [0.29, 0.717) is 17.5 Å². The van der Waals surface area contributed by atoms with Crippen LogP contribution >= 0.6 is 0 Å². The van der Waals surface area contributed by atoms with Crippen LogP contribution in [-0.4, -0.2) is 15.0 Å². The predicted molar refractivity (Wildman–Crippen MR) is 176 cm³/mol. The van der Waals surface area contributed by atoms with Crippen molar-refractivity contribution in [2.45, 2.75) is 13.8 Å². The molecule has 42 heavy (non-hydrogen) atoms. The predicted octanol–water partition coefficient (Wildman–Crippen LogP) is 10.1. The summed E-state index contributed by atoms with van der Waals surface area (Å²) < 4.78 is 0. The van der Waals surface area contributed by atoms with Crippen LogP contribution in [0, 0.1) is 13.8 Å². The Bertz CT molecular complexity index is 2240. The summed E-state index contributed by atoms with van der Waals surface area (Å²) in [6, 6.07) is 44.8. The first-order chi connectivity index (χ1) is 20.6. The third-order valence-corrected chi connectivity index (χ3v) is 8.52. The van der Waals surface area contributed by atoms with E-state index in [0.717, 1.165) is 27.5 Å². The Morgan fingerprint density at radius 2 is 0.738 bits per heavy atom. The van der Waals surface area contributed by atoms with E-state index in [4.69, 9.17) is 15.0 Å². The van der Waals surface area contributed by atoms with E-state index < -0.39 is 0 Å². The molecular weight excluding hydrogens is 510 g/mol. The third-order valence-electron chi connectivity index (χ3n) is 8.52. The number of rotatable bonds is 3. The summed E-state index contributed by atoms with van der Waals surface area (Å²) in [5.41, 5.74) is 5.51. The molecule has 0 saturated heterocycles. The summed E-state index contributed by atoms with van der Waals surface area (Å²) in [6.45, 7) is 4.42. The number of aromatic nitrogens is 3. The molecule has 0 fully saturated rings. The van der Waals surface area contributed by atoms with Crippen LogP contribution < -0.4 is 0 Å². The number of nitrogens with zero attached hydrogens (tertiary/aromatic N) is 3. The zero-order chi connectivity index (χ0) is 28.2. The minimum atomic E-state index is 0.667. The van der Waals surface area contributed by atoms with Crippen molar-refractivity contribution in [3.8, 4) is 34.2 Å². The fourth-order valence-electron chi connectivity index (χ4n) is 6.10. The maximum Gasteiger partial charge on any atom is 0.164 e. The largest absolute Gasteiger partial charge is 0.208 e. The van der Waals surface area contributed by atoms with Crippen LogP contribution in [0.1, 0.15) is 11.1 Å². The van der Waals surface area contributed by atoms with Gasteiger partial charge in [0, 0.05) is 16.7 Å². The van der Waals surface area contributed by atoms with Crippen molar-refractivity contribution >= 4 is 43.1 Å².